The molecule has 0 aliphatic rings. The minimum atomic E-state index is -3.66. The molecule has 1 amide bonds. The zero-order valence-electron chi connectivity index (χ0n) is 13.2. The first-order valence-corrected chi connectivity index (χ1v) is 9.37. The van der Waals surface area contributed by atoms with Gasteiger partial charge in [-0.2, -0.15) is 0 Å². The molecule has 0 atom stereocenters. The summed E-state index contributed by atoms with van der Waals surface area (Å²) in [6, 6.07) is 8.48. The SMILES string of the molecule is CS(=O)(=O)N(CCNC(=O)c1ccc(F)cc1)c1ccc(F)c(Cl)c1. The maximum absolute atomic E-state index is 13.2. The number of benzene rings is 2. The van der Waals surface area contributed by atoms with Crippen LogP contribution in [0.3, 0.4) is 0 Å². The van der Waals surface area contributed by atoms with Crippen molar-refractivity contribution in [1.29, 1.82) is 0 Å². The smallest absolute Gasteiger partial charge is 0.251 e. The van der Waals surface area contributed by atoms with Crippen LogP contribution in [-0.2, 0) is 10.0 Å². The van der Waals surface area contributed by atoms with Gasteiger partial charge in [0.05, 0.1) is 23.5 Å². The van der Waals surface area contributed by atoms with Gasteiger partial charge in [-0.15, -0.1) is 0 Å². The van der Waals surface area contributed by atoms with E-state index >= 15 is 0 Å². The number of hydrogen-bond acceptors (Lipinski definition) is 3. The molecule has 2 aromatic rings. The van der Waals surface area contributed by atoms with Gasteiger partial charge >= 0.3 is 0 Å². The van der Waals surface area contributed by atoms with Gasteiger partial charge in [0, 0.05) is 12.1 Å². The predicted molar refractivity (Wildman–Crippen MR) is 92.3 cm³/mol. The largest absolute Gasteiger partial charge is 0.350 e. The highest BCUT2D eigenvalue weighted by molar-refractivity contribution is 7.92. The number of nitrogens with zero attached hydrogens (tertiary/aromatic N) is 1. The normalized spacial score (nSPS) is 11.2. The lowest BCUT2D eigenvalue weighted by atomic mass is 10.2. The maximum Gasteiger partial charge on any atom is 0.251 e. The third-order valence-corrected chi connectivity index (χ3v) is 4.78. The fraction of sp³-hybridized carbons (Fsp3) is 0.188. The van der Waals surface area contributed by atoms with E-state index in [1.165, 1.54) is 24.3 Å². The fourth-order valence-electron chi connectivity index (χ4n) is 2.10. The molecule has 0 saturated heterocycles. The predicted octanol–water partition coefficient (Wildman–Crippen LogP) is 2.81. The maximum atomic E-state index is 13.2. The van der Waals surface area contributed by atoms with Crippen molar-refractivity contribution in [3.63, 3.8) is 0 Å². The topological polar surface area (TPSA) is 66.5 Å². The molecular formula is C16H15ClF2N2O3S. The number of hydrogen-bond donors (Lipinski definition) is 1. The van der Waals surface area contributed by atoms with Crippen LogP contribution < -0.4 is 9.62 Å². The van der Waals surface area contributed by atoms with Crippen molar-refractivity contribution in [2.75, 3.05) is 23.7 Å². The minimum Gasteiger partial charge on any atom is -0.350 e. The zero-order valence-corrected chi connectivity index (χ0v) is 14.7. The molecule has 2 aromatic carbocycles. The van der Waals surface area contributed by atoms with E-state index in [1.54, 1.807) is 0 Å². The summed E-state index contributed by atoms with van der Waals surface area (Å²) < 4.78 is 51.0. The second kappa shape index (κ2) is 7.79. The molecule has 0 aliphatic carbocycles. The molecule has 25 heavy (non-hydrogen) atoms. The van der Waals surface area contributed by atoms with Crippen LogP contribution >= 0.6 is 11.6 Å². The minimum absolute atomic E-state index is 0.00171. The lowest BCUT2D eigenvalue weighted by molar-refractivity contribution is 0.0955. The first-order chi connectivity index (χ1) is 11.7. The summed E-state index contributed by atoms with van der Waals surface area (Å²) in [6.07, 6.45) is 0.992. The van der Waals surface area contributed by atoms with E-state index in [1.807, 2.05) is 0 Å². The van der Waals surface area contributed by atoms with E-state index in [0.29, 0.717) is 0 Å². The van der Waals surface area contributed by atoms with E-state index < -0.39 is 27.6 Å². The number of halogens is 3. The third-order valence-electron chi connectivity index (χ3n) is 3.30. The van der Waals surface area contributed by atoms with Gasteiger partial charge in [0.1, 0.15) is 11.6 Å². The molecule has 134 valence electrons. The Morgan fingerprint density at radius 1 is 1.16 bits per heavy atom. The first kappa shape index (κ1) is 19.1. The number of sulfonamides is 1. The van der Waals surface area contributed by atoms with E-state index in [2.05, 4.69) is 5.32 Å². The number of carbonyl (C=O) groups excluding carboxylic acids is 1. The van der Waals surface area contributed by atoms with Crippen molar-refractivity contribution in [1.82, 2.24) is 5.32 Å². The van der Waals surface area contributed by atoms with Gasteiger partial charge in [-0.3, -0.25) is 9.10 Å². The lowest BCUT2D eigenvalue weighted by Gasteiger charge is -2.22. The highest BCUT2D eigenvalue weighted by atomic mass is 35.5. The van der Waals surface area contributed by atoms with Crippen LogP contribution in [0.15, 0.2) is 42.5 Å². The molecule has 0 fully saturated rings. The van der Waals surface area contributed by atoms with Crippen LogP contribution in [0.25, 0.3) is 0 Å². The van der Waals surface area contributed by atoms with Crippen LogP contribution in [-0.4, -0.2) is 33.7 Å². The lowest BCUT2D eigenvalue weighted by Crippen LogP contribution is -2.38. The van der Waals surface area contributed by atoms with Crippen molar-refractivity contribution >= 4 is 33.2 Å². The summed E-state index contributed by atoms with van der Waals surface area (Å²) in [7, 11) is -3.66. The number of nitrogens with one attached hydrogen (secondary N) is 1. The number of amides is 1. The van der Waals surface area contributed by atoms with Gasteiger partial charge in [-0.25, -0.2) is 17.2 Å². The van der Waals surface area contributed by atoms with Gasteiger partial charge in [-0.1, -0.05) is 11.6 Å². The Morgan fingerprint density at radius 3 is 2.36 bits per heavy atom. The molecule has 1 N–H and O–H groups in total. The van der Waals surface area contributed by atoms with Gasteiger partial charge < -0.3 is 5.32 Å². The van der Waals surface area contributed by atoms with Crippen LogP contribution in [0.5, 0.6) is 0 Å². The van der Waals surface area contributed by atoms with Gasteiger partial charge in [0.2, 0.25) is 10.0 Å². The van der Waals surface area contributed by atoms with Crippen LogP contribution in [0, 0.1) is 11.6 Å². The fourth-order valence-corrected chi connectivity index (χ4v) is 3.20. The summed E-state index contributed by atoms with van der Waals surface area (Å²) in [6.45, 7) is -0.0774. The Bertz CT molecular complexity index is 873. The molecule has 0 saturated carbocycles. The first-order valence-electron chi connectivity index (χ1n) is 7.15. The van der Waals surface area contributed by atoms with Gasteiger partial charge in [0.15, 0.2) is 0 Å². The molecule has 0 spiro atoms. The van der Waals surface area contributed by atoms with Crippen molar-refractivity contribution < 1.29 is 22.0 Å². The Balaban J connectivity index is 2.07. The van der Waals surface area contributed by atoms with Crippen molar-refractivity contribution in [3.8, 4) is 0 Å². The standard InChI is InChI=1S/C16H15ClF2N2O3S/c1-25(23,24)21(13-6-7-15(19)14(17)10-13)9-8-20-16(22)11-2-4-12(18)5-3-11/h2-7,10H,8-9H2,1H3,(H,20,22). The molecule has 0 aliphatic heterocycles. The van der Waals surface area contributed by atoms with Crippen molar-refractivity contribution in [2.24, 2.45) is 0 Å². The molecular weight excluding hydrogens is 374 g/mol. The quantitative estimate of drug-likeness (QED) is 0.827. The highest BCUT2D eigenvalue weighted by Crippen LogP contribution is 2.24. The molecule has 5 nitrogen and oxygen atoms in total. The highest BCUT2D eigenvalue weighted by Gasteiger charge is 2.18. The zero-order chi connectivity index (χ0) is 18.6. The van der Waals surface area contributed by atoms with Crippen molar-refractivity contribution in [3.05, 3.63) is 64.7 Å². The number of carbonyl (C=O) groups is 1. The Hall–Kier alpha value is -2.19. The Morgan fingerprint density at radius 2 is 1.80 bits per heavy atom. The summed E-state index contributed by atoms with van der Waals surface area (Å²) in [4.78, 5) is 12.0. The molecule has 2 rings (SSSR count). The molecule has 0 radical (unpaired) electrons. The molecule has 0 bridgehead atoms. The van der Waals surface area contributed by atoms with Crippen LogP contribution in [0.1, 0.15) is 10.4 Å². The second-order valence-electron chi connectivity index (χ2n) is 5.20. The third kappa shape index (κ3) is 5.14. The molecule has 0 heterocycles. The average molecular weight is 389 g/mol. The second-order valence-corrected chi connectivity index (χ2v) is 7.51. The summed E-state index contributed by atoms with van der Waals surface area (Å²) in [5, 5.41) is 2.34. The number of anilines is 1. The van der Waals surface area contributed by atoms with Gasteiger partial charge in [0.25, 0.3) is 5.91 Å². The van der Waals surface area contributed by atoms with E-state index in [-0.39, 0.29) is 29.4 Å². The van der Waals surface area contributed by atoms with E-state index in [9.17, 15) is 22.0 Å². The summed E-state index contributed by atoms with van der Waals surface area (Å²) >= 11 is 5.69. The van der Waals surface area contributed by atoms with Crippen LogP contribution in [0.2, 0.25) is 5.02 Å². The van der Waals surface area contributed by atoms with E-state index in [0.717, 1.165) is 28.8 Å². The average Bonchev–Trinajstić information content (AvgIpc) is 2.53. The molecule has 0 unspecified atom stereocenters. The summed E-state index contributed by atoms with van der Waals surface area (Å²) in [5.74, 6) is -1.60. The Kier molecular flexibility index (Phi) is 5.97. The van der Waals surface area contributed by atoms with E-state index in [4.69, 9.17) is 11.6 Å². The van der Waals surface area contributed by atoms with Crippen molar-refractivity contribution in [2.45, 2.75) is 0 Å². The monoisotopic (exact) mass is 388 g/mol. The van der Waals surface area contributed by atoms with Crippen LogP contribution in [0.4, 0.5) is 14.5 Å². The molecule has 0 aromatic heterocycles. The van der Waals surface area contributed by atoms with Gasteiger partial charge in [-0.05, 0) is 42.5 Å². The number of rotatable bonds is 6. The molecule has 9 heteroatoms. The summed E-state index contributed by atoms with van der Waals surface area (Å²) in [5.41, 5.74) is 0.432. The Labute approximate surface area is 149 Å².